The maximum absolute atomic E-state index is 13.1. The Morgan fingerprint density at radius 3 is 2.62 bits per heavy atom. The van der Waals surface area contributed by atoms with Crippen LogP contribution in [0.5, 0.6) is 0 Å². The molecule has 0 saturated heterocycles. The van der Waals surface area contributed by atoms with Crippen LogP contribution in [0.4, 0.5) is 8.78 Å². The van der Waals surface area contributed by atoms with Crippen LogP contribution in [-0.2, 0) is 13.0 Å². The van der Waals surface area contributed by atoms with Crippen LogP contribution in [0.25, 0.3) is 0 Å². The van der Waals surface area contributed by atoms with E-state index in [1.54, 1.807) is 12.1 Å². The van der Waals surface area contributed by atoms with Crippen molar-refractivity contribution in [3.8, 4) is 0 Å². The molecule has 1 aliphatic heterocycles. The lowest BCUT2D eigenvalue weighted by Crippen LogP contribution is -2.31. The molecule has 1 aromatic carbocycles. The third-order valence-electron chi connectivity index (χ3n) is 2.27. The van der Waals surface area contributed by atoms with Crippen LogP contribution in [0.2, 0.25) is 0 Å². The van der Waals surface area contributed by atoms with E-state index in [2.05, 4.69) is 5.32 Å². The topological polar surface area (TPSA) is 12.0 Å². The van der Waals surface area contributed by atoms with Gasteiger partial charge in [-0.3, -0.25) is 0 Å². The minimum absolute atomic E-state index is 0.143. The Hall–Kier alpha value is -0.960. The number of rotatable bonds is 0. The molecule has 0 fully saturated rings. The number of halogens is 2. The number of alkyl halides is 2. The molecular weight excluding hydrogens is 172 g/mol. The second-order valence-electron chi connectivity index (χ2n) is 3.40. The van der Waals surface area contributed by atoms with Gasteiger partial charge in [-0.1, -0.05) is 24.3 Å². The molecule has 0 saturated carbocycles. The molecule has 70 valence electrons. The highest BCUT2D eigenvalue weighted by atomic mass is 19.3. The van der Waals surface area contributed by atoms with E-state index in [-0.39, 0.29) is 13.0 Å². The second-order valence-corrected chi connectivity index (χ2v) is 3.40. The minimum atomic E-state index is -2.60. The van der Waals surface area contributed by atoms with Crippen molar-refractivity contribution in [1.29, 1.82) is 0 Å². The van der Waals surface area contributed by atoms with Crippen molar-refractivity contribution in [3.63, 3.8) is 0 Å². The van der Waals surface area contributed by atoms with Crippen LogP contribution in [0.3, 0.4) is 0 Å². The van der Waals surface area contributed by atoms with E-state index in [9.17, 15) is 8.78 Å². The molecule has 3 heteroatoms. The van der Waals surface area contributed by atoms with E-state index in [4.69, 9.17) is 0 Å². The van der Waals surface area contributed by atoms with Crippen molar-refractivity contribution in [1.82, 2.24) is 5.32 Å². The first kappa shape index (κ1) is 8.63. The summed E-state index contributed by atoms with van der Waals surface area (Å²) in [5.74, 6) is -2.60. The lowest BCUT2D eigenvalue weighted by atomic mass is 10.0. The Bertz CT molecular complexity index is 310. The fourth-order valence-corrected chi connectivity index (χ4v) is 1.62. The van der Waals surface area contributed by atoms with Gasteiger partial charge in [0.25, 0.3) is 5.92 Å². The average molecular weight is 183 g/mol. The summed E-state index contributed by atoms with van der Waals surface area (Å²) in [7, 11) is 0. The van der Waals surface area contributed by atoms with Crippen molar-refractivity contribution >= 4 is 0 Å². The van der Waals surface area contributed by atoms with Gasteiger partial charge in [-0.25, -0.2) is 8.78 Å². The summed E-state index contributed by atoms with van der Waals surface area (Å²) in [4.78, 5) is 0. The maximum Gasteiger partial charge on any atom is 0.264 e. The zero-order chi connectivity index (χ0) is 9.31. The molecule has 13 heavy (non-hydrogen) atoms. The molecule has 1 heterocycles. The second kappa shape index (κ2) is 3.07. The van der Waals surface area contributed by atoms with Crippen LogP contribution in [0, 0.1) is 0 Å². The molecule has 0 spiro atoms. The largest absolute Gasteiger partial charge is 0.307 e. The van der Waals surface area contributed by atoms with Crippen LogP contribution in [0.15, 0.2) is 24.3 Å². The SMILES string of the molecule is FC1(F)CNCc2ccccc2C1. The number of nitrogens with one attached hydrogen (secondary N) is 1. The van der Waals surface area contributed by atoms with E-state index >= 15 is 0 Å². The third-order valence-corrected chi connectivity index (χ3v) is 2.27. The molecular formula is C10H11F2N. The van der Waals surface area contributed by atoms with Crippen LogP contribution in [0.1, 0.15) is 11.1 Å². The Labute approximate surface area is 75.8 Å². The lowest BCUT2D eigenvalue weighted by Gasteiger charge is -2.12. The Kier molecular flexibility index (Phi) is 2.04. The van der Waals surface area contributed by atoms with Gasteiger partial charge in [-0.15, -0.1) is 0 Å². The molecule has 1 aliphatic rings. The normalized spacial score (nSPS) is 20.5. The number of hydrogen-bond acceptors (Lipinski definition) is 1. The summed E-state index contributed by atoms with van der Waals surface area (Å²) in [6, 6.07) is 7.35. The highest BCUT2D eigenvalue weighted by molar-refractivity contribution is 5.29. The Morgan fingerprint density at radius 1 is 1.15 bits per heavy atom. The molecule has 0 unspecified atom stereocenters. The lowest BCUT2D eigenvalue weighted by molar-refractivity contribution is 0.00510. The minimum Gasteiger partial charge on any atom is -0.307 e. The molecule has 0 atom stereocenters. The maximum atomic E-state index is 13.1. The monoisotopic (exact) mass is 183 g/mol. The van der Waals surface area contributed by atoms with Crippen LogP contribution in [-0.4, -0.2) is 12.5 Å². The van der Waals surface area contributed by atoms with Gasteiger partial charge >= 0.3 is 0 Å². The van der Waals surface area contributed by atoms with Gasteiger partial charge in [-0.05, 0) is 11.1 Å². The molecule has 0 radical (unpaired) electrons. The van der Waals surface area contributed by atoms with Gasteiger partial charge in [-0.2, -0.15) is 0 Å². The number of benzene rings is 1. The standard InChI is InChI=1S/C10H11F2N/c11-10(12)5-8-3-1-2-4-9(8)6-13-7-10/h1-4,13H,5-7H2. The van der Waals surface area contributed by atoms with Gasteiger partial charge < -0.3 is 5.32 Å². The highest BCUT2D eigenvalue weighted by Gasteiger charge is 2.31. The average Bonchev–Trinajstić information content (AvgIpc) is 2.21. The third kappa shape index (κ3) is 1.86. The first-order chi connectivity index (χ1) is 6.17. The molecule has 0 amide bonds. The quantitative estimate of drug-likeness (QED) is 0.648. The number of hydrogen-bond donors (Lipinski definition) is 1. The molecule has 0 aromatic heterocycles. The Morgan fingerprint density at radius 2 is 1.85 bits per heavy atom. The number of fused-ring (bicyclic) bond motifs is 1. The van der Waals surface area contributed by atoms with Crippen molar-refractivity contribution in [3.05, 3.63) is 35.4 Å². The predicted molar refractivity (Wildman–Crippen MR) is 46.8 cm³/mol. The summed E-state index contributed by atoms with van der Waals surface area (Å²) in [5, 5.41) is 2.74. The molecule has 1 aromatic rings. The van der Waals surface area contributed by atoms with E-state index in [1.165, 1.54) is 0 Å². The molecule has 0 aliphatic carbocycles. The first-order valence-electron chi connectivity index (χ1n) is 4.33. The van der Waals surface area contributed by atoms with E-state index in [0.717, 1.165) is 11.1 Å². The first-order valence-corrected chi connectivity index (χ1v) is 4.33. The highest BCUT2D eigenvalue weighted by Crippen LogP contribution is 2.24. The van der Waals surface area contributed by atoms with E-state index < -0.39 is 5.92 Å². The molecule has 1 N–H and O–H groups in total. The van der Waals surface area contributed by atoms with Crippen molar-refractivity contribution in [2.75, 3.05) is 6.54 Å². The smallest absolute Gasteiger partial charge is 0.264 e. The van der Waals surface area contributed by atoms with E-state index in [1.807, 2.05) is 12.1 Å². The summed E-state index contributed by atoms with van der Waals surface area (Å²) < 4.78 is 26.2. The van der Waals surface area contributed by atoms with Crippen LogP contribution < -0.4 is 5.32 Å². The Balaban J connectivity index is 2.34. The summed E-state index contributed by atoms with van der Waals surface area (Å²) in [6.45, 7) is 0.327. The zero-order valence-electron chi connectivity index (χ0n) is 7.19. The van der Waals surface area contributed by atoms with Gasteiger partial charge in [0.05, 0.1) is 6.54 Å². The van der Waals surface area contributed by atoms with Crippen molar-refractivity contribution in [2.45, 2.75) is 18.9 Å². The molecule has 0 bridgehead atoms. The van der Waals surface area contributed by atoms with Gasteiger partial charge in [0.15, 0.2) is 0 Å². The fourth-order valence-electron chi connectivity index (χ4n) is 1.62. The summed E-state index contributed by atoms with van der Waals surface area (Å²) >= 11 is 0. The van der Waals surface area contributed by atoms with Crippen molar-refractivity contribution < 1.29 is 8.78 Å². The predicted octanol–water partition coefficient (Wildman–Crippen LogP) is 1.97. The zero-order valence-corrected chi connectivity index (χ0v) is 7.19. The van der Waals surface area contributed by atoms with E-state index in [0.29, 0.717) is 6.54 Å². The summed E-state index contributed by atoms with van der Waals surface area (Å²) in [5.41, 5.74) is 1.75. The molecule has 2 rings (SSSR count). The molecule has 1 nitrogen and oxygen atoms in total. The van der Waals surface area contributed by atoms with Crippen molar-refractivity contribution in [2.24, 2.45) is 0 Å². The summed E-state index contributed by atoms with van der Waals surface area (Å²) in [6.07, 6.45) is -0.143. The fraction of sp³-hybridized carbons (Fsp3) is 0.400. The van der Waals surface area contributed by atoms with Gasteiger partial charge in [0.1, 0.15) is 0 Å². The van der Waals surface area contributed by atoms with Gasteiger partial charge in [0.2, 0.25) is 0 Å². The van der Waals surface area contributed by atoms with Gasteiger partial charge in [0, 0.05) is 13.0 Å². The van der Waals surface area contributed by atoms with Crippen LogP contribution >= 0.6 is 0 Å².